The van der Waals surface area contributed by atoms with Crippen molar-refractivity contribution in [3.05, 3.63) is 0 Å². The first-order valence-corrected chi connectivity index (χ1v) is 8.57. The summed E-state index contributed by atoms with van der Waals surface area (Å²) in [5, 5.41) is 6.66. The Labute approximate surface area is 139 Å². The number of carbonyl (C=O) groups excluding carboxylic acids is 1. The lowest BCUT2D eigenvalue weighted by molar-refractivity contribution is -0.140. The van der Waals surface area contributed by atoms with E-state index in [9.17, 15) is 4.79 Å². The summed E-state index contributed by atoms with van der Waals surface area (Å²) >= 11 is 0. The summed E-state index contributed by atoms with van der Waals surface area (Å²) in [7, 11) is 3.23. The molecule has 7 heteroatoms. The van der Waals surface area contributed by atoms with Gasteiger partial charge in [-0.15, -0.1) is 0 Å². The van der Waals surface area contributed by atoms with E-state index in [0.717, 1.165) is 77.6 Å². The number of rotatable bonds is 10. The molecule has 1 aliphatic heterocycles. The molecule has 0 aromatic carbocycles. The molecule has 1 saturated heterocycles. The maximum atomic E-state index is 11.0. The molecule has 0 aromatic heterocycles. The zero-order chi connectivity index (χ0) is 16.8. The second kappa shape index (κ2) is 13.1. The number of methoxy groups -OCH3 is 1. The summed E-state index contributed by atoms with van der Waals surface area (Å²) in [6, 6.07) is 0. The maximum Gasteiger partial charge on any atom is 0.305 e. The van der Waals surface area contributed by atoms with Crippen LogP contribution in [0.1, 0.15) is 32.1 Å². The molecule has 1 fully saturated rings. The zero-order valence-corrected chi connectivity index (χ0v) is 14.6. The highest BCUT2D eigenvalue weighted by atomic mass is 16.5. The van der Waals surface area contributed by atoms with Crippen molar-refractivity contribution in [2.45, 2.75) is 32.1 Å². The Balaban J connectivity index is 1.96. The molecule has 0 radical (unpaired) electrons. The molecule has 7 nitrogen and oxygen atoms in total. The van der Waals surface area contributed by atoms with Crippen molar-refractivity contribution in [3.63, 3.8) is 0 Å². The van der Waals surface area contributed by atoms with Crippen LogP contribution < -0.4 is 10.6 Å². The Bertz CT molecular complexity index is 344. The third kappa shape index (κ3) is 10.1. The van der Waals surface area contributed by atoms with Crippen LogP contribution in [0.3, 0.4) is 0 Å². The molecule has 0 bridgehead atoms. The van der Waals surface area contributed by atoms with E-state index in [-0.39, 0.29) is 5.97 Å². The van der Waals surface area contributed by atoms with Crippen LogP contribution in [0.2, 0.25) is 0 Å². The Morgan fingerprint density at radius 1 is 1.13 bits per heavy atom. The number of esters is 1. The predicted octanol–water partition coefficient (Wildman–Crippen LogP) is 0.607. The number of carbonyl (C=O) groups is 1. The van der Waals surface area contributed by atoms with E-state index in [0.29, 0.717) is 6.42 Å². The molecule has 23 heavy (non-hydrogen) atoms. The molecule has 134 valence electrons. The van der Waals surface area contributed by atoms with Gasteiger partial charge in [0.05, 0.1) is 20.3 Å². The number of ether oxygens (including phenoxy) is 2. The second-order valence-electron chi connectivity index (χ2n) is 5.62. The minimum Gasteiger partial charge on any atom is -0.469 e. The number of aliphatic imine (C=N–C) groups is 1. The fourth-order valence-electron chi connectivity index (χ4n) is 2.43. The van der Waals surface area contributed by atoms with Gasteiger partial charge in [-0.2, -0.15) is 0 Å². The summed E-state index contributed by atoms with van der Waals surface area (Å²) in [6.07, 6.45) is 4.66. The van der Waals surface area contributed by atoms with Crippen molar-refractivity contribution in [3.8, 4) is 0 Å². The molecule has 0 saturated carbocycles. The van der Waals surface area contributed by atoms with Gasteiger partial charge in [-0.3, -0.25) is 14.7 Å². The Morgan fingerprint density at radius 3 is 2.52 bits per heavy atom. The van der Waals surface area contributed by atoms with Gasteiger partial charge in [0.15, 0.2) is 5.96 Å². The minimum absolute atomic E-state index is 0.118. The lowest BCUT2D eigenvalue weighted by Gasteiger charge is -2.26. The summed E-state index contributed by atoms with van der Waals surface area (Å²) in [4.78, 5) is 17.6. The minimum atomic E-state index is -0.118. The van der Waals surface area contributed by atoms with Gasteiger partial charge in [0.1, 0.15) is 0 Å². The number of unbranched alkanes of at least 4 members (excludes halogenated alkanes) is 3. The van der Waals surface area contributed by atoms with Crippen LogP contribution >= 0.6 is 0 Å². The van der Waals surface area contributed by atoms with Gasteiger partial charge >= 0.3 is 5.97 Å². The average molecular weight is 328 g/mol. The standard InChI is InChI=1S/C16H32N4O3/c1-17-16(19-9-10-20-11-13-23-14-12-20)18-8-6-4-3-5-7-15(21)22-2/h3-14H2,1-2H3,(H2,17,18,19). The van der Waals surface area contributed by atoms with Crippen molar-refractivity contribution >= 4 is 11.9 Å². The van der Waals surface area contributed by atoms with E-state index < -0.39 is 0 Å². The van der Waals surface area contributed by atoms with Crippen molar-refractivity contribution in [2.24, 2.45) is 4.99 Å². The van der Waals surface area contributed by atoms with Gasteiger partial charge in [-0.1, -0.05) is 12.8 Å². The second-order valence-corrected chi connectivity index (χ2v) is 5.62. The van der Waals surface area contributed by atoms with E-state index in [4.69, 9.17) is 4.74 Å². The Hall–Kier alpha value is -1.34. The highest BCUT2D eigenvalue weighted by Crippen LogP contribution is 2.03. The number of nitrogens with zero attached hydrogens (tertiary/aromatic N) is 2. The molecule has 1 rings (SSSR count). The van der Waals surface area contributed by atoms with E-state index >= 15 is 0 Å². The molecular weight excluding hydrogens is 296 g/mol. The van der Waals surface area contributed by atoms with Gasteiger partial charge in [0, 0.05) is 46.2 Å². The summed E-state index contributed by atoms with van der Waals surface area (Å²) in [6.45, 7) is 6.50. The van der Waals surface area contributed by atoms with Crippen LogP contribution in [0.15, 0.2) is 4.99 Å². The molecule has 0 unspecified atom stereocenters. The quantitative estimate of drug-likeness (QED) is 0.265. The normalized spacial score (nSPS) is 16.2. The zero-order valence-electron chi connectivity index (χ0n) is 14.6. The van der Waals surface area contributed by atoms with Crippen molar-refractivity contribution in [1.29, 1.82) is 0 Å². The first-order valence-electron chi connectivity index (χ1n) is 8.57. The number of morpholine rings is 1. The Kier molecular flexibility index (Phi) is 11.3. The smallest absolute Gasteiger partial charge is 0.305 e. The van der Waals surface area contributed by atoms with E-state index in [1.54, 1.807) is 7.05 Å². The van der Waals surface area contributed by atoms with Gasteiger partial charge < -0.3 is 20.1 Å². The lowest BCUT2D eigenvalue weighted by Crippen LogP contribution is -2.44. The van der Waals surface area contributed by atoms with Crippen LogP contribution in [-0.4, -0.2) is 76.9 Å². The highest BCUT2D eigenvalue weighted by molar-refractivity contribution is 5.79. The molecule has 0 aliphatic carbocycles. The summed E-state index contributed by atoms with van der Waals surface area (Å²) < 4.78 is 9.96. The van der Waals surface area contributed by atoms with Crippen LogP contribution in [-0.2, 0) is 14.3 Å². The largest absolute Gasteiger partial charge is 0.469 e. The first-order chi connectivity index (χ1) is 11.3. The number of guanidine groups is 1. The lowest BCUT2D eigenvalue weighted by atomic mass is 10.1. The van der Waals surface area contributed by atoms with Gasteiger partial charge in [0.25, 0.3) is 0 Å². The number of hydrogen-bond acceptors (Lipinski definition) is 5. The number of hydrogen-bond donors (Lipinski definition) is 2. The molecule has 0 amide bonds. The molecule has 0 atom stereocenters. The van der Waals surface area contributed by atoms with Crippen molar-refractivity contribution in [2.75, 3.05) is 60.1 Å². The van der Waals surface area contributed by atoms with Crippen molar-refractivity contribution in [1.82, 2.24) is 15.5 Å². The van der Waals surface area contributed by atoms with Gasteiger partial charge in [0.2, 0.25) is 0 Å². The fraction of sp³-hybridized carbons (Fsp3) is 0.875. The fourth-order valence-corrected chi connectivity index (χ4v) is 2.43. The predicted molar refractivity (Wildman–Crippen MR) is 91.7 cm³/mol. The molecule has 1 aliphatic rings. The number of nitrogens with one attached hydrogen (secondary N) is 2. The summed E-state index contributed by atoms with van der Waals surface area (Å²) in [5.74, 6) is 0.737. The SMILES string of the molecule is CN=C(NCCCCCCC(=O)OC)NCCN1CCOCC1. The topological polar surface area (TPSA) is 75.2 Å². The monoisotopic (exact) mass is 328 g/mol. The van der Waals surface area contributed by atoms with Gasteiger partial charge in [-0.05, 0) is 12.8 Å². The molecule has 1 heterocycles. The van der Waals surface area contributed by atoms with Crippen LogP contribution in [0.5, 0.6) is 0 Å². The summed E-state index contributed by atoms with van der Waals surface area (Å²) in [5.41, 5.74) is 0. The maximum absolute atomic E-state index is 11.0. The van der Waals surface area contributed by atoms with E-state index in [2.05, 4.69) is 25.3 Å². The van der Waals surface area contributed by atoms with E-state index in [1.165, 1.54) is 7.11 Å². The first kappa shape index (κ1) is 19.7. The van der Waals surface area contributed by atoms with E-state index in [1.807, 2.05) is 0 Å². The molecule has 2 N–H and O–H groups in total. The highest BCUT2D eigenvalue weighted by Gasteiger charge is 2.09. The molecule has 0 spiro atoms. The van der Waals surface area contributed by atoms with Crippen LogP contribution in [0.4, 0.5) is 0 Å². The molecular formula is C16H32N4O3. The van der Waals surface area contributed by atoms with Crippen molar-refractivity contribution < 1.29 is 14.3 Å². The average Bonchev–Trinajstić information content (AvgIpc) is 2.59. The van der Waals surface area contributed by atoms with Gasteiger partial charge in [-0.25, -0.2) is 0 Å². The molecule has 0 aromatic rings. The van der Waals surface area contributed by atoms with Crippen LogP contribution in [0, 0.1) is 0 Å². The Morgan fingerprint density at radius 2 is 1.83 bits per heavy atom. The third-order valence-corrected chi connectivity index (χ3v) is 3.88. The third-order valence-electron chi connectivity index (χ3n) is 3.88. The van der Waals surface area contributed by atoms with Crippen LogP contribution in [0.25, 0.3) is 0 Å².